The fourth-order valence-electron chi connectivity index (χ4n) is 1.49. The molecule has 0 spiro atoms. The molecule has 102 valence electrons. The van der Waals surface area contributed by atoms with Gasteiger partial charge in [-0.1, -0.05) is 0 Å². The van der Waals surface area contributed by atoms with Crippen LogP contribution in [0.4, 0.5) is 13.2 Å². The molecule has 1 rings (SSSR count). The fraction of sp³-hybridized carbons (Fsp3) is 0.778. The van der Waals surface area contributed by atoms with E-state index in [4.69, 9.17) is 10.4 Å². The van der Waals surface area contributed by atoms with Crippen LogP contribution in [0.3, 0.4) is 0 Å². The molecule has 1 heterocycles. The largest absolute Gasteiger partial charge is 0.479 e. The molecule has 18 heavy (non-hydrogen) atoms. The van der Waals surface area contributed by atoms with E-state index in [2.05, 4.69) is 15.6 Å². The zero-order valence-electron chi connectivity index (χ0n) is 9.20. The van der Waals surface area contributed by atoms with E-state index in [0.29, 0.717) is 12.8 Å². The van der Waals surface area contributed by atoms with Crippen LogP contribution in [-0.4, -0.2) is 42.0 Å². The van der Waals surface area contributed by atoms with Gasteiger partial charge in [0.05, 0.1) is 12.1 Å². The number of nitrogens with one attached hydrogen (secondary N) is 2. The molecule has 1 saturated heterocycles. The smallest absolute Gasteiger partial charge is 0.427 e. The summed E-state index contributed by atoms with van der Waals surface area (Å²) in [5, 5.41) is 19.7. The van der Waals surface area contributed by atoms with Crippen LogP contribution >= 0.6 is 0 Å². The first-order chi connectivity index (χ1) is 8.34. The Morgan fingerprint density at radius 3 is 2.61 bits per heavy atom. The average Bonchev–Trinajstić information content (AvgIpc) is 2.28. The van der Waals surface area contributed by atoms with E-state index in [9.17, 15) is 18.0 Å². The Morgan fingerprint density at radius 2 is 2.22 bits per heavy atom. The second kappa shape index (κ2) is 5.99. The van der Waals surface area contributed by atoms with E-state index in [0.717, 1.165) is 0 Å². The average molecular weight is 267 g/mol. The molecule has 6 nitrogen and oxygen atoms in total. The molecule has 0 aliphatic carbocycles. The van der Waals surface area contributed by atoms with E-state index < -0.39 is 24.3 Å². The minimum absolute atomic E-state index is 0.239. The summed E-state index contributed by atoms with van der Waals surface area (Å²) in [5.74, 6) is -2.10. The van der Waals surface area contributed by atoms with Gasteiger partial charge in [-0.05, 0) is 12.8 Å². The lowest BCUT2D eigenvalue weighted by Gasteiger charge is -2.28. The van der Waals surface area contributed by atoms with Gasteiger partial charge in [-0.3, -0.25) is 4.84 Å². The Morgan fingerprint density at radius 1 is 1.56 bits per heavy atom. The van der Waals surface area contributed by atoms with Gasteiger partial charge < -0.3 is 10.4 Å². The molecule has 0 saturated carbocycles. The minimum Gasteiger partial charge on any atom is -0.479 e. The number of carboxylic acid groups (broad SMARTS) is 1. The second-order valence-electron chi connectivity index (χ2n) is 3.86. The number of aliphatic carboxylic acids is 1. The summed E-state index contributed by atoms with van der Waals surface area (Å²) in [5.41, 5.74) is 2.08. The zero-order valence-corrected chi connectivity index (χ0v) is 9.20. The van der Waals surface area contributed by atoms with Crippen molar-refractivity contribution in [3.05, 3.63) is 0 Å². The summed E-state index contributed by atoms with van der Waals surface area (Å²) in [7, 11) is 0. The number of hydroxylamine groups is 1. The number of alkyl halides is 3. The van der Waals surface area contributed by atoms with Crippen LogP contribution in [0.1, 0.15) is 12.8 Å². The van der Waals surface area contributed by atoms with Gasteiger partial charge in [0.1, 0.15) is 0 Å². The molecule has 2 unspecified atom stereocenters. The summed E-state index contributed by atoms with van der Waals surface area (Å²) < 4.78 is 36.7. The standard InChI is InChI=1S/C9H12F3N3O3/c10-9(11,12)7(8(16)17)18-15-6-2-1-5(3-13)14-4-6/h5-7,14-15H,1-2,4H2,(H,16,17)/t5-,6?,7?/m0/s1. The Kier molecular flexibility index (Phi) is 4.89. The molecule has 0 aromatic carbocycles. The van der Waals surface area contributed by atoms with Gasteiger partial charge in [0.15, 0.2) is 0 Å². The van der Waals surface area contributed by atoms with Crippen molar-refractivity contribution < 1.29 is 27.9 Å². The van der Waals surface area contributed by atoms with Crippen molar-refractivity contribution in [3.8, 4) is 6.07 Å². The highest BCUT2D eigenvalue weighted by molar-refractivity contribution is 5.73. The molecule has 0 aromatic rings. The first-order valence-corrected chi connectivity index (χ1v) is 5.18. The lowest BCUT2D eigenvalue weighted by atomic mass is 10.0. The van der Waals surface area contributed by atoms with Gasteiger partial charge in [-0.15, -0.1) is 0 Å². The van der Waals surface area contributed by atoms with Gasteiger partial charge in [-0.2, -0.15) is 23.9 Å². The molecule has 0 radical (unpaired) electrons. The van der Waals surface area contributed by atoms with Crippen molar-refractivity contribution in [2.45, 2.75) is 37.2 Å². The maximum Gasteiger partial charge on any atom is 0.427 e. The maximum absolute atomic E-state index is 12.2. The maximum atomic E-state index is 12.2. The number of nitrogens with zero attached hydrogens (tertiary/aromatic N) is 1. The number of piperidine rings is 1. The molecular formula is C9H12F3N3O3. The molecule has 9 heteroatoms. The molecule has 1 aliphatic rings. The van der Waals surface area contributed by atoms with Crippen LogP contribution in [0, 0.1) is 11.3 Å². The Labute approximate surface area is 101 Å². The van der Waals surface area contributed by atoms with Crippen LogP contribution in [0.5, 0.6) is 0 Å². The summed E-state index contributed by atoms with van der Waals surface area (Å²) >= 11 is 0. The third kappa shape index (κ3) is 4.14. The van der Waals surface area contributed by atoms with Crippen molar-refractivity contribution in [2.75, 3.05) is 6.54 Å². The van der Waals surface area contributed by atoms with Crippen molar-refractivity contribution >= 4 is 5.97 Å². The molecular weight excluding hydrogens is 255 g/mol. The van der Waals surface area contributed by atoms with Gasteiger partial charge in [0, 0.05) is 12.6 Å². The fourth-order valence-corrected chi connectivity index (χ4v) is 1.49. The zero-order chi connectivity index (χ0) is 13.8. The van der Waals surface area contributed by atoms with Crippen LogP contribution < -0.4 is 10.8 Å². The number of carboxylic acids is 1. The van der Waals surface area contributed by atoms with E-state index in [1.165, 1.54) is 0 Å². The van der Waals surface area contributed by atoms with Gasteiger partial charge in [0.25, 0.3) is 6.10 Å². The first kappa shape index (κ1) is 14.7. The summed E-state index contributed by atoms with van der Waals surface area (Å²) in [4.78, 5) is 14.6. The predicted octanol–water partition coefficient (Wildman–Crippen LogP) is 0.167. The molecule has 0 bridgehead atoms. The normalized spacial score (nSPS) is 26.3. The summed E-state index contributed by atoms with van der Waals surface area (Å²) in [6, 6.07) is 1.19. The van der Waals surface area contributed by atoms with Crippen molar-refractivity contribution in [1.29, 1.82) is 5.26 Å². The quantitative estimate of drug-likeness (QED) is 0.628. The van der Waals surface area contributed by atoms with Crippen molar-refractivity contribution in [2.24, 2.45) is 0 Å². The minimum atomic E-state index is -4.98. The second-order valence-corrected chi connectivity index (χ2v) is 3.86. The van der Waals surface area contributed by atoms with E-state index >= 15 is 0 Å². The topological polar surface area (TPSA) is 94.4 Å². The van der Waals surface area contributed by atoms with Gasteiger partial charge in [-0.25, -0.2) is 4.79 Å². The van der Waals surface area contributed by atoms with Crippen LogP contribution in [0.2, 0.25) is 0 Å². The number of rotatable bonds is 4. The Balaban J connectivity index is 2.41. The van der Waals surface area contributed by atoms with Crippen LogP contribution in [0.25, 0.3) is 0 Å². The number of hydrogen-bond donors (Lipinski definition) is 3. The van der Waals surface area contributed by atoms with E-state index in [-0.39, 0.29) is 12.6 Å². The lowest BCUT2D eigenvalue weighted by molar-refractivity contribution is -0.244. The number of halogens is 3. The third-order valence-electron chi connectivity index (χ3n) is 2.44. The van der Waals surface area contributed by atoms with Crippen molar-refractivity contribution in [3.63, 3.8) is 0 Å². The highest BCUT2D eigenvalue weighted by Crippen LogP contribution is 2.22. The number of hydrogen-bond acceptors (Lipinski definition) is 5. The van der Waals surface area contributed by atoms with E-state index in [1.807, 2.05) is 6.07 Å². The molecule has 1 aliphatic heterocycles. The van der Waals surface area contributed by atoms with Crippen molar-refractivity contribution in [1.82, 2.24) is 10.8 Å². The molecule has 3 atom stereocenters. The van der Waals surface area contributed by atoms with Gasteiger partial charge >= 0.3 is 12.1 Å². The SMILES string of the molecule is N#C[C@@H]1CCC(NOC(C(=O)O)C(F)(F)F)CN1. The summed E-state index contributed by atoms with van der Waals surface area (Å²) in [6.45, 7) is 0.239. The van der Waals surface area contributed by atoms with Gasteiger partial charge in [0.2, 0.25) is 0 Å². The summed E-state index contributed by atoms with van der Waals surface area (Å²) in [6.07, 6.45) is -6.99. The Hall–Kier alpha value is -1.37. The van der Waals surface area contributed by atoms with Crippen LogP contribution in [-0.2, 0) is 9.63 Å². The number of nitriles is 1. The van der Waals surface area contributed by atoms with Crippen LogP contribution in [0.15, 0.2) is 0 Å². The predicted molar refractivity (Wildman–Crippen MR) is 52.1 cm³/mol. The molecule has 3 N–H and O–H groups in total. The monoisotopic (exact) mass is 267 g/mol. The molecule has 0 amide bonds. The first-order valence-electron chi connectivity index (χ1n) is 5.18. The third-order valence-corrected chi connectivity index (χ3v) is 2.44. The number of carbonyl (C=O) groups is 1. The highest BCUT2D eigenvalue weighted by Gasteiger charge is 2.47. The highest BCUT2D eigenvalue weighted by atomic mass is 19.4. The lowest BCUT2D eigenvalue weighted by Crippen LogP contribution is -2.51. The van der Waals surface area contributed by atoms with E-state index in [1.54, 1.807) is 0 Å². The molecule has 0 aromatic heterocycles. The Bertz CT molecular complexity index is 334. The molecule has 1 fully saturated rings.